The number of amides is 1. The lowest BCUT2D eigenvalue weighted by atomic mass is 10.0. The predicted octanol–water partition coefficient (Wildman–Crippen LogP) is 21.9. The van der Waals surface area contributed by atoms with E-state index in [2.05, 4.69) is 99.0 Å². The van der Waals surface area contributed by atoms with E-state index >= 15 is 0 Å². The topological polar surface area (TPSA) is 114 Å². The molecule has 1 amide bonds. The quantitative estimate of drug-likeness (QED) is 0.0212. The van der Waals surface area contributed by atoms with Crippen LogP contribution in [0.4, 0.5) is 0 Å². The fourth-order valence-electron chi connectivity index (χ4n) is 10.1. The Kier molecular flexibility index (Phi) is 61.1. The molecule has 0 radical (unpaired) electrons. The number of carbonyl (C=O) groups excluding carboxylic acids is 2. The van der Waals surface area contributed by atoms with Gasteiger partial charge in [-0.3, -0.25) is 14.2 Å². The molecule has 0 spiro atoms. The van der Waals surface area contributed by atoms with Gasteiger partial charge in [-0.05, 0) is 109 Å². The Morgan fingerprint density at radius 1 is 0.417 bits per heavy atom. The number of esters is 1. The van der Waals surface area contributed by atoms with E-state index in [0.717, 1.165) is 109 Å². The highest BCUT2D eigenvalue weighted by Crippen LogP contribution is 2.38. The molecule has 0 aliphatic carbocycles. The molecule has 9 nitrogen and oxygen atoms in total. The SMILES string of the molecule is CCCCC/C=C\C/C=C\C/C=C\CCCCCCCCCCCCCCCCC(=O)OC(/C=C\CCCCCCCCCCCC)C(COP(=O)([O-])OCC[N+](C)(C)C)NC(=O)CCCCCCCC/C=C\C/C=C\C/C=C\CCCCC. The number of phosphoric ester groups is 1. The first-order valence-electron chi connectivity index (χ1n) is 35.4. The largest absolute Gasteiger partial charge is 0.756 e. The Bertz CT molecular complexity index is 1710. The second-order valence-electron chi connectivity index (χ2n) is 25.0. The summed E-state index contributed by atoms with van der Waals surface area (Å²) in [5.41, 5.74) is 0. The van der Waals surface area contributed by atoms with Gasteiger partial charge in [0.25, 0.3) is 7.82 Å². The van der Waals surface area contributed by atoms with E-state index in [-0.39, 0.29) is 24.9 Å². The zero-order valence-electron chi connectivity index (χ0n) is 55.8. The van der Waals surface area contributed by atoms with Crippen molar-refractivity contribution in [3.63, 3.8) is 0 Å². The second kappa shape index (κ2) is 63.2. The van der Waals surface area contributed by atoms with E-state index in [1.807, 2.05) is 33.3 Å². The van der Waals surface area contributed by atoms with Gasteiger partial charge in [0.15, 0.2) is 0 Å². The monoisotopic (exact) mass is 1200 g/mol. The fourth-order valence-corrected chi connectivity index (χ4v) is 10.8. The molecular formula is C74H135N2O7P. The van der Waals surface area contributed by atoms with Crippen LogP contribution in [0.5, 0.6) is 0 Å². The van der Waals surface area contributed by atoms with Crippen molar-refractivity contribution in [3.8, 4) is 0 Å². The zero-order chi connectivity index (χ0) is 61.4. The molecule has 0 aromatic heterocycles. The van der Waals surface area contributed by atoms with E-state index in [9.17, 15) is 19.0 Å². The van der Waals surface area contributed by atoms with Crippen LogP contribution >= 0.6 is 7.82 Å². The van der Waals surface area contributed by atoms with Crippen molar-refractivity contribution in [1.82, 2.24) is 5.32 Å². The van der Waals surface area contributed by atoms with Gasteiger partial charge in [-0.2, -0.15) is 0 Å². The molecule has 0 saturated heterocycles. The highest BCUT2D eigenvalue weighted by molar-refractivity contribution is 7.45. The number of quaternary nitrogens is 1. The number of phosphoric acid groups is 1. The van der Waals surface area contributed by atoms with Crippen molar-refractivity contribution >= 4 is 19.7 Å². The summed E-state index contributed by atoms with van der Waals surface area (Å²) in [4.78, 5) is 40.2. The maximum Gasteiger partial charge on any atom is 0.306 e. The van der Waals surface area contributed by atoms with Crippen molar-refractivity contribution in [2.75, 3.05) is 40.9 Å². The van der Waals surface area contributed by atoms with Gasteiger partial charge >= 0.3 is 5.97 Å². The summed E-state index contributed by atoms with van der Waals surface area (Å²) in [5.74, 6) is -0.550. The van der Waals surface area contributed by atoms with E-state index in [1.165, 1.54) is 180 Å². The molecule has 0 aliphatic heterocycles. The summed E-state index contributed by atoms with van der Waals surface area (Å²) in [7, 11) is 1.17. The molecule has 1 N–H and O–H groups in total. The van der Waals surface area contributed by atoms with Crippen LogP contribution in [0.15, 0.2) is 85.1 Å². The lowest BCUT2D eigenvalue weighted by Gasteiger charge is -2.30. The average Bonchev–Trinajstić information content (AvgIpc) is 3.65. The van der Waals surface area contributed by atoms with Crippen molar-refractivity contribution in [3.05, 3.63) is 85.1 Å². The number of rotatable bonds is 64. The number of hydrogen-bond acceptors (Lipinski definition) is 7. The van der Waals surface area contributed by atoms with Gasteiger partial charge in [-0.1, -0.05) is 286 Å². The van der Waals surface area contributed by atoms with Crippen LogP contribution in [-0.4, -0.2) is 69.4 Å². The molecule has 84 heavy (non-hydrogen) atoms. The first kappa shape index (κ1) is 81.2. The second-order valence-corrected chi connectivity index (χ2v) is 26.4. The normalized spacial score (nSPS) is 14.0. The van der Waals surface area contributed by atoms with Crippen LogP contribution in [0.2, 0.25) is 0 Å². The molecule has 10 heteroatoms. The highest BCUT2D eigenvalue weighted by atomic mass is 31.2. The summed E-state index contributed by atoms with van der Waals surface area (Å²) < 4.78 is 30.4. The maximum absolute atomic E-state index is 13.6. The third-order valence-electron chi connectivity index (χ3n) is 15.5. The van der Waals surface area contributed by atoms with Crippen LogP contribution in [0.1, 0.15) is 323 Å². The van der Waals surface area contributed by atoms with Crippen LogP contribution in [0, 0.1) is 0 Å². The summed E-state index contributed by atoms with van der Waals surface area (Å²) in [6.07, 6.45) is 84.2. The Morgan fingerprint density at radius 2 is 0.726 bits per heavy atom. The summed E-state index contributed by atoms with van der Waals surface area (Å²) in [6, 6.07) is -0.899. The fraction of sp³-hybridized carbons (Fsp3) is 0.784. The van der Waals surface area contributed by atoms with Gasteiger partial charge in [0.1, 0.15) is 19.3 Å². The molecule has 0 fully saturated rings. The van der Waals surface area contributed by atoms with E-state index < -0.39 is 26.6 Å². The molecular weight excluding hydrogens is 1060 g/mol. The predicted molar refractivity (Wildman–Crippen MR) is 362 cm³/mol. The van der Waals surface area contributed by atoms with Crippen LogP contribution in [0.25, 0.3) is 0 Å². The molecule has 0 rings (SSSR count). The Balaban J connectivity index is 5.06. The van der Waals surface area contributed by atoms with Gasteiger partial charge in [0.2, 0.25) is 5.91 Å². The summed E-state index contributed by atoms with van der Waals surface area (Å²) in [6.45, 7) is 6.80. The number of nitrogens with one attached hydrogen (secondary N) is 1. The first-order chi connectivity index (χ1) is 40.9. The number of carbonyl (C=O) groups is 2. The van der Waals surface area contributed by atoms with Gasteiger partial charge in [0.05, 0.1) is 33.8 Å². The molecule has 0 aromatic rings. The summed E-state index contributed by atoms with van der Waals surface area (Å²) >= 11 is 0. The molecule has 488 valence electrons. The molecule has 0 saturated carbocycles. The first-order valence-corrected chi connectivity index (χ1v) is 36.9. The van der Waals surface area contributed by atoms with Crippen LogP contribution in [0.3, 0.4) is 0 Å². The van der Waals surface area contributed by atoms with Crippen molar-refractivity contribution in [2.24, 2.45) is 0 Å². The highest BCUT2D eigenvalue weighted by Gasteiger charge is 2.27. The zero-order valence-corrected chi connectivity index (χ0v) is 56.7. The minimum atomic E-state index is -4.71. The lowest BCUT2D eigenvalue weighted by molar-refractivity contribution is -0.870. The molecule has 3 atom stereocenters. The number of nitrogens with zero attached hydrogens (tertiary/aromatic N) is 1. The van der Waals surface area contributed by atoms with Crippen LogP contribution < -0.4 is 10.2 Å². The van der Waals surface area contributed by atoms with Gasteiger partial charge in [-0.25, -0.2) is 0 Å². The number of unbranched alkanes of at least 4 members (excludes halogenated alkanes) is 36. The number of hydrogen-bond donors (Lipinski definition) is 1. The van der Waals surface area contributed by atoms with Crippen molar-refractivity contribution < 1.29 is 37.3 Å². The Morgan fingerprint density at radius 3 is 1.11 bits per heavy atom. The minimum absolute atomic E-state index is 0.0273. The average molecular weight is 1200 g/mol. The van der Waals surface area contributed by atoms with E-state index in [0.29, 0.717) is 17.4 Å². The standard InChI is InChI=1S/C74H135N2O7P/c1-7-10-13-16-19-22-25-28-30-32-34-35-36-37-38-39-40-41-43-45-47-49-52-55-58-61-64-67-74(78)83-72(65-62-59-56-53-50-27-24-21-18-15-12-9-3)71(70-82-84(79,80)81-69-68-76(4,5)6)75-73(77)66-63-60-57-54-51-48-46-44-42-33-31-29-26-23-20-17-14-11-8-2/h19-20,22-23,28-31,34-35,42,44,62,65,71-72H,7-18,21,24-27,32-33,36-41,43,45-61,63-64,66-70H2,1-6H3,(H-,75,77,79,80)/b22-19-,23-20-,30-28-,31-29-,35-34-,44-42-,65-62-. The Labute approximate surface area is 520 Å². The minimum Gasteiger partial charge on any atom is -0.756 e. The molecule has 0 aromatic carbocycles. The third kappa shape index (κ3) is 63.7. The van der Waals surface area contributed by atoms with Crippen molar-refractivity contribution in [1.29, 1.82) is 0 Å². The molecule has 0 bridgehead atoms. The smallest absolute Gasteiger partial charge is 0.306 e. The Hall–Kier alpha value is -2.81. The molecule has 0 aliphatic rings. The molecule has 0 heterocycles. The molecule has 3 unspecified atom stereocenters. The number of allylic oxidation sites excluding steroid dienone is 13. The summed E-state index contributed by atoms with van der Waals surface area (Å²) in [5, 5.41) is 3.03. The van der Waals surface area contributed by atoms with Gasteiger partial charge < -0.3 is 28.5 Å². The maximum atomic E-state index is 13.6. The van der Waals surface area contributed by atoms with Gasteiger partial charge in [-0.15, -0.1) is 0 Å². The van der Waals surface area contributed by atoms with Crippen LogP contribution in [-0.2, 0) is 27.9 Å². The third-order valence-corrected chi connectivity index (χ3v) is 16.5. The number of likely N-dealkylation sites (N-methyl/N-ethyl adjacent to an activating group) is 1. The number of ether oxygens (including phenoxy) is 1. The van der Waals surface area contributed by atoms with E-state index in [1.54, 1.807) is 0 Å². The lowest BCUT2D eigenvalue weighted by Crippen LogP contribution is -2.47. The van der Waals surface area contributed by atoms with E-state index in [4.69, 9.17) is 13.8 Å². The van der Waals surface area contributed by atoms with Crippen molar-refractivity contribution in [2.45, 2.75) is 335 Å². The van der Waals surface area contributed by atoms with Gasteiger partial charge in [0, 0.05) is 12.8 Å².